The molecule has 0 spiro atoms. The predicted octanol–water partition coefficient (Wildman–Crippen LogP) is 4.24. The molecule has 0 radical (unpaired) electrons. The summed E-state index contributed by atoms with van der Waals surface area (Å²) in [6.07, 6.45) is 5.24. The van der Waals surface area contributed by atoms with E-state index in [1.54, 1.807) is 4.68 Å². The van der Waals surface area contributed by atoms with E-state index in [0.717, 1.165) is 40.6 Å². The molecule has 192 valence electrons. The lowest BCUT2D eigenvalue weighted by atomic mass is 9.86. The number of carbonyl (C=O) groups excluding carboxylic acids is 1. The Hall–Kier alpha value is -4.66. The number of fused-ring (bicyclic) bond motifs is 2. The van der Waals surface area contributed by atoms with Crippen molar-refractivity contribution in [3.05, 3.63) is 94.3 Å². The Balaban J connectivity index is 1.47. The molecule has 3 aromatic heterocycles. The van der Waals surface area contributed by atoms with Crippen LogP contribution in [0, 0.1) is 0 Å². The standard InChI is InChI=1S/C29H29N7O2/c1-17(2)34-15-22(23-26(30)32-16-33-28(23)34)19-12-10-18(11-13-19)21-9-6-14-35-25(21)24(27(31)37)29(38)36(35)20-7-4-3-5-8-20/h3-5,7-8,10-13,15-17,21H,6,9,14H2,1-2H3,(H2,31,37)(H2,30,32,33). The fraction of sp³-hybridized carbons (Fsp3) is 0.241. The highest BCUT2D eigenvalue weighted by Gasteiger charge is 2.33. The average Bonchev–Trinajstić information content (AvgIpc) is 3.45. The summed E-state index contributed by atoms with van der Waals surface area (Å²) < 4.78 is 5.61. The molecular weight excluding hydrogens is 478 g/mol. The van der Waals surface area contributed by atoms with Gasteiger partial charge in [0.1, 0.15) is 23.4 Å². The molecule has 0 saturated carbocycles. The van der Waals surface area contributed by atoms with E-state index in [4.69, 9.17) is 11.5 Å². The van der Waals surface area contributed by atoms with Gasteiger partial charge in [-0.1, -0.05) is 42.5 Å². The number of para-hydroxylation sites is 1. The van der Waals surface area contributed by atoms with Crippen LogP contribution in [0.4, 0.5) is 5.82 Å². The Labute approximate surface area is 219 Å². The van der Waals surface area contributed by atoms with E-state index in [-0.39, 0.29) is 23.1 Å². The second-order valence-electron chi connectivity index (χ2n) is 10.0. The fourth-order valence-corrected chi connectivity index (χ4v) is 5.72. The second-order valence-corrected chi connectivity index (χ2v) is 10.0. The first kappa shape index (κ1) is 23.7. The van der Waals surface area contributed by atoms with E-state index >= 15 is 0 Å². The van der Waals surface area contributed by atoms with E-state index in [1.165, 1.54) is 6.33 Å². The van der Waals surface area contributed by atoms with Gasteiger partial charge in [-0.05, 0) is 49.9 Å². The van der Waals surface area contributed by atoms with Crippen LogP contribution in [0.3, 0.4) is 0 Å². The van der Waals surface area contributed by atoms with Crippen LogP contribution in [0.2, 0.25) is 0 Å². The molecule has 0 aliphatic carbocycles. The molecule has 0 saturated heterocycles. The van der Waals surface area contributed by atoms with Gasteiger partial charge < -0.3 is 16.0 Å². The summed E-state index contributed by atoms with van der Waals surface area (Å²) in [5.41, 5.74) is 16.9. The summed E-state index contributed by atoms with van der Waals surface area (Å²) in [4.78, 5) is 34.7. The first-order valence-corrected chi connectivity index (χ1v) is 12.8. The van der Waals surface area contributed by atoms with Gasteiger partial charge in [0.25, 0.3) is 11.5 Å². The third-order valence-electron chi connectivity index (χ3n) is 7.44. The van der Waals surface area contributed by atoms with Crippen molar-refractivity contribution in [1.82, 2.24) is 23.9 Å². The first-order valence-electron chi connectivity index (χ1n) is 12.8. The van der Waals surface area contributed by atoms with Crippen LogP contribution in [0.1, 0.15) is 60.3 Å². The number of nitrogen functional groups attached to an aromatic ring is 1. The fourth-order valence-electron chi connectivity index (χ4n) is 5.72. The van der Waals surface area contributed by atoms with E-state index in [2.05, 4.69) is 58.8 Å². The molecule has 9 heteroatoms. The monoisotopic (exact) mass is 507 g/mol. The Morgan fingerprint density at radius 3 is 2.47 bits per heavy atom. The van der Waals surface area contributed by atoms with Crippen molar-refractivity contribution in [3.63, 3.8) is 0 Å². The molecule has 5 aromatic rings. The molecular formula is C29H29N7O2. The van der Waals surface area contributed by atoms with Gasteiger partial charge >= 0.3 is 0 Å². The van der Waals surface area contributed by atoms with Crippen LogP contribution in [-0.2, 0) is 6.54 Å². The molecule has 0 bridgehead atoms. The van der Waals surface area contributed by atoms with Crippen LogP contribution in [-0.4, -0.2) is 29.8 Å². The first-order chi connectivity index (χ1) is 18.4. The molecule has 0 fully saturated rings. The number of aromatic nitrogens is 5. The van der Waals surface area contributed by atoms with Crippen LogP contribution in [0.25, 0.3) is 27.8 Å². The molecule has 4 N–H and O–H groups in total. The van der Waals surface area contributed by atoms with Gasteiger partial charge in [-0.2, -0.15) is 0 Å². The zero-order valence-electron chi connectivity index (χ0n) is 21.3. The van der Waals surface area contributed by atoms with Crippen molar-refractivity contribution < 1.29 is 4.79 Å². The summed E-state index contributed by atoms with van der Waals surface area (Å²) in [5.74, 6) is -0.393. The summed E-state index contributed by atoms with van der Waals surface area (Å²) in [7, 11) is 0. The zero-order chi connectivity index (χ0) is 26.6. The van der Waals surface area contributed by atoms with Crippen LogP contribution < -0.4 is 17.0 Å². The number of amides is 1. The Bertz CT molecular complexity index is 1730. The van der Waals surface area contributed by atoms with E-state index < -0.39 is 5.91 Å². The molecule has 6 rings (SSSR count). The Kier molecular flexibility index (Phi) is 5.63. The molecule has 2 aromatic carbocycles. The summed E-state index contributed by atoms with van der Waals surface area (Å²) in [6, 6.07) is 17.8. The van der Waals surface area contributed by atoms with E-state index in [1.807, 2.05) is 35.0 Å². The third-order valence-corrected chi connectivity index (χ3v) is 7.44. The Morgan fingerprint density at radius 1 is 1.05 bits per heavy atom. The highest BCUT2D eigenvalue weighted by atomic mass is 16.2. The van der Waals surface area contributed by atoms with Gasteiger partial charge in [0, 0.05) is 30.3 Å². The molecule has 1 aliphatic rings. The molecule has 1 amide bonds. The minimum Gasteiger partial charge on any atom is -0.383 e. The summed E-state index contributed by atoms with van der Waals surface area (Å²) in [5, 5.41) is 0.830. The van der Waals surface area contributed by atoms with Gasteiger partial charge in [0.05, 0.1) is 16.8 Å². The number of anilines is 1. The molecule has 4 heterocycles. The third kappa shape index (κ3) is 3.61. The number of hydrogen-bond acceptors (Lipinski definition) is 5. The topological polar surface area (TPSA) is 127 Å². The predicted molar refractivity (Wildman–Crippen MR) is 147 cm³/mol. The zero-order valence-corrected chi connectivity index (χ0v) is 21.3. The van der Waals surface area contributed by atoms with E-state index in [9.17, 15) is 9.59 Å². The quantitative estimate of drug-likeness (QED) is 0.368. The van der Waals surface area contributed by atoms with Crippen molar-refractivity contribution in [3.8, 4) is 16.8 Å². The number of primary amides is 1. The number of nitrogens with two attached hydrogens (primary N) is 2. The smallest absolute Gasteiger partial charge is 0.284 e. The lowest BCUT2D eigenvalue weighted by Gasteiger charge is -2.27. The molecule has 38 heavy (non-hydrogen) atoms. The van der Waals surface area contributed by atoms with Crippen molar-refractivity contribution >= 4 is 22.8 Å². The number of rotatable bonds is 5. The average molecular weight is 508 g/mol. The molecule has 1 aliphatic heterocycles. The van der Waals surface area contributed by atoms with Crippen molar-refractivity contribution in [2.45, 2.75) is 45.2 Å². The summed E-state index contributed by atoms with van der Waals surface area (Å²) >= 11 is 0. The van der Waals surface area contributed by atoms with Crippen molar-refractivity contribution in [1.29, 1.82) is 0 Å². The number of benzene rings is 2. The van der Waals surface area contributed by atoms with Gasteiger partial charge in [-0.25, -0.2) is 14.6 Å². The molecule has 9 nitrogen and oxygen atoms in total. The molecule has 1 atom stereocenters. The highest BCUT2D eigenvalue weighted by Crippen LogP contribution is 2.38. The van der Waals surface area contributed by atoms with E-state index in [0.29, 0.717) is 23.7 Å². The van der Waals surface area contributed by atoms with Gasteiger partial charge in [-0.3, -0.25) is 14.3 Å². The van der Waals surface area contributed by atoms with Crippen molar-refractivity contribution in [2.75, 3.05) is 5.73 Å². The minimum atomic E-state index is -0.700. The minimum absolute atomic E-state index is 0.0626. The maximum atomic E-state index is 13.4. The SMILES string of the molecule is CC(C)n1cc(-c2ccc(C3CCCn4c3c(C(N)=O)c(=O)n4-c3ccccc3)cc2)c2c(N)ncnc21. The summed E-state index contributed by atoms with van der Waals surface area (Å²) in [6.45, 7) is 4.84. The van der Waals surface area contributed by atoms with Crippen LogP contribution in [0.5, 0.6) is 0 Å². The normalized spacial score (nSPS) is 15.2. The Morgan fingerprint density at radius 2 is 1.79 bits per heavy atom. The van der Waals surface area contributed by atoms with Gasteiger partial charge in [0.2, 0.25) is 0 Å². The maximum absolute atomic E-state index is 13.4. The van der Waals surface area contributed by atoms with Crippen LogP contribution in [0.15, 0.2) is 71.9 Å². The lowest BCUT2D eigenvalue weighted by Crippen LogP contribution is -2.26. The second kappa shape index (κ2) is 9.02. The molecule has 1 unspecified atom stereocenters. The van der Waals surface area contributed by atoms with Gasteiger partial charge in [0.15, 0.2) is 0 Å². The number of nitrogens with zero attached hydrogens (tertiary/aromatic N) is 5. The van der Waals surface area contributed by atoms with Gasteiger partial charge in [-0.15, -0.1) is 0 Å². The number of carbonyl (C=O) groups is 1. The lowest BCUT2D eigenvalue weighted by molar-refractivity contribution is 0.0997. The maximum Gasteiger partial charge on any atom is 0.284 e. The number of hydrogen-bond donors (Lipinski definition) is 2. The van der Waals surface area contributed by atoms with Crippen LogP contribution >= 0.6 is 0 Å². The highest BCUT2D eigenvalue weighted by molar-refractivity contribution is 6.00. The largest absolute Gasteiger partial charge is 0.383 e. The van der Waals surface area contributed by atoms with Crippen molar-refractivity contribution in [2.24, 2.45) is 5.73 Å².